The van der Waals surface area contributed by atoms with Gasteiger partial charge in [0.1, 0.15) is 5.82 Å². The summed E-state index contributed by atoms with van der Waals surface area (Å²) in [6.45, 7) is 1.22. The third kappa shape index (κ3) is 4.48. The predicted molar refractivity (Wildman–Crippen MR) is 108 cm³/mol. The minimum Gasteiger partial charge on any atom is -0.376 e. The van der Waals surface area contributed by atoms with Gasteiger partial charge in [0, 0.05) is 11.5 Å². The van der Waals surface area contributed by atoms with E-state index in [1.165, 1.54) is 35.2 Å². The van der Waals surface area contributed by atoms with Crippen LogP contribution in [0.2, 0.25) is 0 Å². The van der Waals surface area contributed by atoms with E-state index in [4.69, 9.17) is 4.74 Å². The number of hydrogen-bond acceptors (Lipinski definition) is 5. The Morgan fingerprint density at radius 1 is 1.30 bits per heavy atom. The Morgan fingerprint density at radius 3 is 2.93 bits per heavy atom. The number of fused-ring (bicyclic) bond motifs is 1. The number of carbonyl (C=O) groups is 1. The van der Waals surface area contributed by atoms with Crippen LogP contribution in [0.3, 0.4) is 0 Å². The maximum absolute atomic E-state index is 13.5. The smallest absolute Gasteiger partial charge is 0.239 e. The highest BCUT2D eigenvalue weighted by Crippen LogP contribution is 2.31. The van der Waals surface area contributed by atoms with Gasteiger partial charge in [-0.15, -0.1) is 11.8 Å². The number of carbonyl (C=O) groups excluding carboxylic acids is 1. The topological polar surface area (TPSA) is 42.4 Å². The van der Waals surface area contributed by atoms with Crippen LogP contribution in [0.15, 0.2) is 53.4 Å². The van der Waals surface area contributed by atoms with Crippen molar-refractivity contribution in [3.63, 3.8) is 0 Å². The molecular formula is C20H19FN2O2S2. The van der Waals surface area contributed by atoms with Crippen molar-refractivity contribution in [1.29, 1.82) is 0 Å². The van der Waals surface area contributed by atoms with Crippen LogP contribution < -0.4 is 4.90 Å². The van der Waals surface area contributed by atoms with E-state index in [-0.39, 0.29) is 17.8 Å². The van der Waals surface area contributed by atoms with Crippen LogP contribution in [-0.4, -0.2) is 35.9 Å². The Bertz CT molecular complexity index is 926. The molecule has 7 heteroatoms. The van der Waals surface area contributed by atoms with Crippen molar-refractivity contribution in [3.05, 3.63) is 54.3 Å². The van der Waals surface area contributed by atoms with Crippen LogP contribution >= 0.6 is 23.1 Å². The fraction of sp³-hybridized carbons (Fsp3) is 0.300. The zero-order valence-corrected chi connectivity index (χ0v) is 16.3. The minimum absolute atomic E-state index is 0.0149. The summed E-state index contributed by atoms with van der Waals surface area (Å²) < 4.78 is 20.0. The number of halogens is 1. The molecule has 27 heavy (non-hydrogen) atoms. The van der Waals surface area contributed by atoms with Gasteiger partial charge in [0.15, 0.2) is 5.13 Å². The number of benzene rings is 2. The first-order valence-electron chi connectivity index (χ1n) is 8.85. The first-order valence-corrected chi connectivity index (χ1v) is 10.7. The Balaban J connectivity index is 1.55. The van der Waals surface area contributed by atoms with Crippen molar-refractivity contribution in [2.45, 2.75) is 23.8 Å². The zero-order valence-electron chi connectivity index (χ0n) is 14.6. The number of hydrogen-bond donors (Lipinski definition) is 0. The van der Waals surface area contributed by atoms with E-state index in [0.717, 1.165) is 29.0 Å². The highest BCUT2D eigenvalue weighted by molar-refractivity contribution is 8.00. The van der Waals surface area contributed by atoms with Gasteiger partial charge >= 0.3 is 0 Å². The van der Waals surface area contributed by atoms with Crippen molar-refractivity contribution in [1.82, 2.24) is 4.98 Å². The van der Waals surface area contributed by atoms with Crippen molar-refractivity contribution < 1.29 is 13.9 Å². The van der Waals surface area contributed by atoms with Gasteiger partial charge in [0.2, 0.25) is 5.91 Å². The molecule has 1 saturated heterocycles. The molecule has 2 heterocycles. The van der Waals surface area contributed by atoms with Crippen molar-refractivity contribution in [3.8, 4) is 0 Å². The number of rotatable bonds is 6. The predicted octanol–water partition coefficient (Wildman–Crippen LogP) is 4.74. The molecular weight excluding hydrogens is 383 g/mol. The van der Waals surface area contributed by atoms with Crippen LogP contribution in [0.25, 0.3) is 10.2 Å². The Kier molecular flexibility index (Phi) is 5.71. The Morgan fingerprint density at radius 2 is 2.15 bits per heavy atom. The molecule has 0 bridgehead atoms. The van der Waals surface area contributed by atoms with Gasteiger partial charge < -0.3 is 4.74 Å². The summed E-state index contributed by atoms with van der Waals surface area (Å²) in [4.78, 5) is 20.3. The number of anilines is 1. The minimum atomic E-state index is -0.297. The van der Waals surface area contributed by atoms with Gasteiger partial charge in [-0.25, -0.2) is 9.37 Å². The normalized spacial score (nSPS) is 16.7. The van der Waals surface area contributed by atoms with Crippen LogP contribution in [0.4, 0.5) is 9.52 Å². The quantitative estimate of drug-likeness (QED) is 0.559. The van der Waals surface area contributed by atoms with Gasteiger partial charge in [0.25, 0.3) is 0 Å². The molecule has 1 unspecified atom stereocenters. The molecule has 0 N–H and O–H groups in total. The molecule has 0 radical (unpaired) electrons. The number of ether oxygens (including phenoxy) is 1. The first kappa shape index (κ1) is 18.4. The molecule has 140 valence electrons. The summed E-state index contributed by atoms with van der Waals surface area (Å²) in [6.07, 6.45) is 1.98. The van der Waals surface area contributed by atoms with Crippen LogP contribution in [0, 0.1) is 5.82 Å². The maximum Gasteiger partial charge on any atom is 0.239 e. The highest BCUT2D eigenvalue weighted by atomic mass is 32.2. The second-order valence-electron chi connectivity index (χ2n) is 6.35. The van der Waals surface area contributed by atoms with Crippen molar-refractivity contribution in [2.75, 3.05) is 23.8 Å². The average molecular weight is 403 g/mol. The molecule has 4 nitrogen and oxygen atoms in total. The second-order valence-corrected chi connectivity index (χ2v) is 8.41. The molecule has 1 aliphatic heterocycles. The molecule has 0 saturated carbocycles. The van der Waals surface area contributed by atoms with E-state index in [9.17, 15) is 9.18 Å². The number of nitrogens with zero attached hydrogens (tertiary/aromatic N) is 2. The summed E-state index contributed by atoms with van der Waals surface area (Å²) in [5.41, 5.74) is 0.706. The standard InChI is InChI=1S/C20H19FN2O2S2/c21-14-8-9-17-18(11-14)27-20(22-17)23(12-15-5-4-10-25-15)19(24)13-26-16-6-2-1-3-7-16/h1-3,6-9,11,15H,4-5,10,12-13H2. The summed E-state index contributed by atoms with van der Waals surface area (Å²) in [6, 6.07) is 14.4. The fourth-order valence-electron chi connectivity index (χ4n) is 3.02. The summed E-state index contributed by atoms with van der Waals surface area (Å²) in [5, 5.41) is 0.602. The maximum atomic E-state index is 13.5. The van der Waals surface area contributed by atoms with Crippen LogP contribution in [0.1, 0.15) is 12.8 Å². The van der Waals surface area contributed by atoms with Crippen LogP contribution in [-0.2, 0) is 9.53 Å². The molecule has 1 aromatic heterocycles. The third-order valence-corrected chi connectivity index (χ3v) is 6.42. The number of thioether (sulfide) groups is 1. The molecule has 1 amide bonds. The van der Waals surface area contributed by atoms with E-state index in [2.05, 4.69) is 4.98 Å². The number of thiazole rings is 1. The molecule has 1 atom stereocenters. The van der Waals surface area contributed by atoms with Crippen LogP contribution in [0.5, 0.6) is 0 Å². The van der Waals surface area contributed by atoms with Gasteiger partial charge in [0.05, 0.1) is 28.6 Å². The Hall–Kier alpha value is -1.96. The second kappa shape index (κ2) is 8.37. The fourth-order valence-corrected chi connectivity index (χ4v) is 4.83. The highest BCUT2D eigenvalue weighted by Gasteiger charge is 2.26. The lowest BCUT2D eigenvalue weighted by molar-refractivity contribution is -0.116. The summed E-state index contributed by atoms with van der Waals surface area (Å²) >= 11 is 2.85. The molecule has 1 aliphatic rings. The van der Waals surface area contributed by atoms with E-state index < -0.39 is 0 Å². The first-order chi connectivity index (χ1) is 13.2. The third-order valence-electron chi connectivity index (χ3n) is 4.39. The van der Waals surface area contributed by atoms with Crippen molar-refractivity contribution in [2.24, 2.45) is 0 Å². The number of amides is 1. The van der Waals surface area contributed by atoms with Gasteiger partial charge in [-0.05, 0) is 43.2 Å². The molecule has 2 aromatic carbocycles. The van der Waals surface area contributed by atoms with Crippen molar-refractivity contribution >= 4 is 44.4 Å². The van der Waals surface area contributed by atoms with Gasteiger partial charge in [-0.2, -0.15) is 0 Å². The molecule has 3 aromatic rings. The lowest BCUT2D eigenvalue weighted by Crippen LogP contribution is -2.38. The zero-order chi connectivity index (χ0) is 18.6. The summed E-state index contributed by atoms with van der Waals surface area (Å²) in [7, 11) is 0. The lowest BCUT2D eigenvalue weighted by Gasteiger charge is -2.23. The monoisotopic (exact) mass is 402 g/mol. The average Bonchev–Trinajstić information content (AvgIpc) is 3.34. The van der Waals surface area contributed by atoms with Gasteiger partial charge in [-0.1, -0.05) is 29.5 Å². The molecule has 1 fully saturated rings. The molecule has 0 aliphatic carbocycles. The SMILES string of the molecule is O=C(CSc1ccccc1)N(CC1CCCO1)c1nc2ccc(F)cc2s1. The molecule has 4 rings (SSSR count). The number of aromatic nitrogens is 1. The summed E-state index contributed by atoms with van der Waals surface area (Å²) in [5.74, 6) is 0.00862. The lowest BCUT2D eigenvalue weighted by atomic mass is 10.2. The Labute approximate surface area is 165 Å². The molecule has 0 spiro atoms. The van der Waals surface area contributed by atoms with E-state index in [1.54, 1.807) is 11.0 Å². The van der Waals surface area contributed by atoms with E-state index in [1.807, 2.05) is 30.3 Å². The van der Waals surface area contributed by atoms with E-state index in [0.29, 0.717) is 22.9 Å². The van der Waals surface area contributed by atoms with Gasteiger partial charge in [-0.3, -0.25) is 9.69 Å². The largest absolute Gasteiger partial charge is 0.376 e. The van der Waals surface area contributed by atoms with E-state index >= 15 is 0 Å².